The summed E-state index contributed by atoms with van der Waals surface area (Å²) >= 11 is 0. The highest BCUT2D eigenvalue weighted by molar-refractivity contribution is 5.62. The molecule has 0 unspecified atom stereocenters. The first kappa shape index (κ1) is 12.8. The number of hydrogen-bond acceptors (Lipinski definition) is 2. The molecule has 0 aromatic heterocycles. The second-order valence-electron chi connectivity index (χ2n) is 5.14. The average Bonchev–Trinajstić information content (AvgIpc) is 2.17. The van der Waals surface area contributed by atoms with Crippen LogP contribution in [0, 0.1) is 6.92 Å². The Kier molecular flexibility index (Phi) is 3.76. The SMILES string of the molecule is Cc1cc(/C=C/CN)c(O)c(C(C)(C)C)c1. The normalized spacial score (nSPS) is 12.3. The van der Waals surface area contributed by atoms with Gasteiger partial charge in [-0.2, -0.15) is 0 Å². The van der Waals surface area contributed by atoms with Gasteiger partial charge in [-0.3, -0.25) is 0 Å². The quantitative estimate of drug-likeness (QED) is 0.803. The largest absolute Gasteiger partial charge is 0.507 e. The van der Waals surface area contributed by atoms with Crippen molar-refractivity contribution in [1.82, 2.24) is 0 Å². The minimum absolute atomic E-state index is 0.0542. The van der Waals surface area contributed by atoms with E-state index in [4.69, 9.17) is 5.73 Å². The Hall–Kier alpha value is -1.28. The summed E-state index contributed by atoms with van der Waals surface area (Å²) in [6.45, 7) is 8.81. The third-order valence-electron chi connectivity index (χ3n) is 2.53. The van der Waals surface area contributed by atoms with Crippen LogP contribution in [0.15, 0.2) is 18.2 Å². The van der Waals surface area contributed by atoms with Crippen LogP contribution in [-0.2, 0) is 5.41 Å². The Morgan fingerprint density at radius 2 is 1.94 bits per heavy atom. The van der Waals surface area contributed by atoms with E-state index in [9.17, 15) is 5.11 Å². The van der Waals surface area contributed by atoms with Crippen molar-refractivity contribution in [3.05, 3.63) is 34.9 Å². The van der Waals surface area contributed by atoms with E-state index >= 15 is 0 Å². The first-order valence-electron chi connectivity index (χ1n) is 5.57. The first-order chi connectivity index (χ1) is 7.36. The van der Waals surface area contributed by atoms with Gasteiger partial charge in [-0.05, 0) is 24.0 Å². The molecule has 3 N–H and O–H groups in total. The summed E-state index contributed by atoms with van der Waals surface area (Å²) < 4.78 is 0. The number of hydrogen-bond donors (Lipinski definition) is 2. The lowest BCUT2D eigenvalue weighted by molar-refractivity contribution is 0.445. The Morgan fingerprint density at radius 3 is 2.44 bits per heavy atom. The number of nitrogens with two attached hydrogens (primary N) is 1. The number of aromatic hydroxyl groups is 1. The average molecular weight is 219 g/mol. The molecule has 88 valence electrons. The van der Waals surface area contributed by atoms with Crippen LogP contribution in [0.4, 0.5) is 0 Å². The summed E-state index contributed by atoms with van der Waals surface area (Å²) in [6, 6.07) is 4.01. The van der Waals surface area contributed by atoms with Gasteiger partial charge in [-0.15, -0.1) is 0 Å². The Bertz CT molecular complexity index is 400. The van der Waals surface area contributed by atoms with E-state index in [1.807, 2.05) is 31.2 Å². The molecule has 0 heterocycles. The van der Waals surface area contributed by atoms with E-state index in [-0.39, 0.29) is 5.41 Å². The van der Waals surface area contributed by atoms with Crippen molar-refractivity contribution >= 4 is 6.08 Å². The molecule has 0 bridgehead atoms. The van der Waals surface area contributed by atoms with Gasteiger partial charge in [0.25, 0.3) is 0 Å². The van der Waals surface area contributed by atoms with Crippen LogP contribution in [0.25, 0.3) is 6.08 Å². The highest BCUT2D eigenvalue weighted by Crippen LogP contribution is 2.34. The Morgan fingerprint density at radius 1 is 1.31 bits per heavy atom. The summed E-state index contributed by atoms with van der Waals surface area (Å²) in [5.74, 6) is 0.364. The van der Waals surface area contributed by atoms with E-state index in [2.05, 4.69) is 20.8 Å². The summed E-state index contributed by atoms with van der Waals surface area (Å²) in [4.78, 5) is 0. The molecule has 0 spiro atoms. The zero-order valence-electron chi connectivity index (χ0n) is 10.5. The van der Waals surface area contributed by atoms with Gasteiger partial charge < -0.3 is 10.8 Å². The summed E-state index contributed by atoms with van der Waals surface area (Å²) in [7, 11) is 0. The predicted octanol–water partition coefficient (Wildman–Crippen LogP) is 2.97. The number of benzene rings is 1. The van der Waals surface area contributed by atoms with E-state index in [0.717, 1.165) is 16.7 Å². The first-order valence-corrected chi connectivity index (χ1v) is 5.57. The Balaban J connectivity index is 3.32. The van der Waals surface area contributed by atoms with E-state index in [1.54, 1.807) is 0 Å². The summed E-state index contributed by atoms with van der Waals surface area (Å²) in [5.41, 5.74) is 8.34. The molecule has 0 amide bonds. The van der Waals surface area contributed by atoms with E-state index < -0.39 is 0 Å². The molecule has 0 aliphatic heterocycles. The zero-order valence-corrected chi connectivity index (χ0v) is 10.5. The molecule has 0 fully saturated rings. The molecule has 0 aliphatic rings. The van der Waals surface area contributed by atoms with Gasteiger partial charge in [-0.25, -0.2) is 0 Å². The van der Waals surface area contributed by atoms with Gasteiger partial charge in [0.05, 0.1) is 0 Å². The third kappa shape index (κ3) is 2.86. The van der Waals surface area contributed by atoms with Crippen molar-refractivity contribution in [2.75, 3.05) is 6.54 Å². The van der Waals surface area contributed by atoms with Crippen molar-refractivity contribution in [3.8, 4) is 5.75 Å². The smallest absolute Gasteiger partial charge is 0.126 e. The van der Waals surface area contributed by atoms with Gasteiger partial charge in [0.2, 0.25) is 0 Å². The van der Waals surface area contributed by atoms with E-state index in [1.165, 1.54) is 0 Å². The zero-order chi connectivity index (χ0) is 12.3. The van der Waals surface area contributed by atoms with Crippen LogP contribution >= 0.6 is 0 Å². The minimum atomic E-state index is -0.0542. The molecule has 0 saturated carbocycles. The maximum atomic E-state index is 10.2. The van der Waals surface area contributed by atoms with Gasteiger partial charge in [0.15, 0.2) is 0 Å². The van der Waals surface area contributed by atoms with Crippen molar-refractivity contribution < 1.29 is 5.11 Å². The van der Waals surface area contributed by atoms with E-state index in [0.29, 0.717) is 12.3 Å². The lowest BCUT2D eigenvalue weighted by atomic mass is 9.84. The monoisotopic (exact) mass is 219 g/mol. The maximum Gasteiger partial charge on any atom is 0.126 e. The van der Waals surface area contributed by atoms with Gasteiger partial charge in [0.1, 0.15) is 5.75 Å². The van der Waals surface area contributed by atoms with Crippen LogP contribution in [0.5, 0.6) is 5.75 Å². The lowest BCUT2D eigenvalue weighted by Crippen LogP contribution is -2.12. The molecular weight excluding hydrogens is 198 g/mol. The predicted molar refractivity (Wildman–Crippen MR) is 69.6 cm³/mol. The molecule has 0 aliphatic carbocycles. The molecular formula is C14H21NO. The van der Waals surface area contributed by atoms with Crippen molar-refractivity contribution in [2.45, 2.75) is 33.1 Å². The van der Waals surface area contributed by atoms with Crippen LogP contribution in [0.2, 0.25) is 0 Å². The highest BCUT2D eigenvalue weighted by Gasteiger charge is 2.19. The molecule has 0 saturated heterocycles. The molecule has 0 radical (unpaired) electrons. The summed E-state index contributed by atoms with van der Waals surface area (Å²) in [5, 5.41) is 10.2. The summed E-state index contributed by atoms with van der Waals surface area (Å²) in [6.07, 6.45) is 3.72. The number of aryl methyl sites for hydroxylation is 1. The van der Waals surface area contributed by atoms with Crippen LogP contribution < -0.4 is 5.73 Å². The lowest BCUT2D eigenvalue weighted by Gasteiger charge is -2.22. The van der Waals surface area contributed by atoms with Crippen LogP contribution in [0.3, 0.4) is 0 Å². The second kappa shape index (κ2) is 4.71. The number of phenols is 1. The standard InChI is InChI=1S/C14H21NO/c1-10-8-11(6-5-7-15)13(16)12(9-10)14(2,3)4/h5-6,8-9,16H,7,15H2,1-4H3/b6-5+. The molecule has 1 aromatic carbocycles. The molecule has 2 heteroatoms. The topological polar surface area (TPSA) is 46.2 Å². The van der Waals surface area contributed by atoms with Gasteiger partial charge >= 0.3 is 0 Å². The van der Waals surface area contributed by atoms with Gasteiger partial charge in [-0.1, -0.05) is 39.0 Å². The van der Waals surface area contributed by atoms with Crippen molar-refractivity contribution in [1.29, 1.82) is 0 Å². The van der Waals surface area contributed by atoms with Gasteiger partial charge in [0, 0.05) is 17.7 Å². The number of rotatable bonds is 2. The fourth-order valence-corrected chi connectivity index (χ4v) is 1.70. The van der Waals surface area contributed by atoms with Crippen molar-refractivity contribution in [3.63, 3.8) is 0 Å². The second-order valence-corrected chi connectivity index (χ2v) is 5.14. The fourth-order valence-electron chi connectivity index (χ4n) is 1.70. The third-order valence-corrected chi connectivity index (χ3v) is 2.53. The Labute approximate surface area is 97.8 Å². The molecule has 2 nitrogen and oxygen atoms in total. The fraction of sp³-hybridized carbons (Fsp3) is 0.429. The van der Waals surface area contributed by atoms with Crippen LogP contribution in [-0.4, -0.2) is 11.7 Å². The minimum Gasteiger partial charge on any atom is -0.507 e. The maximum absolute atomic E-state index is 10.2. The molecule has 1 rings (SSSR count). The highest BCUT2D eigenvalue weighted by atomic mass is 16.3. The van der Waals surface area contributed by atoms with Crippen LogP contribution in [0.1, 0.15) is 37.5 Å². The molecule has 16 heavy (non-hydrogen) atoms. The molecule has 0 atom stereocenters. The molecule has 1 aromatic rings. The van der Waals surface area contributed by atoms with Crippen molar-refractivity contribution in [2.24, 2.45) is 5.73 Å². The number of phenolic OH excluding ortho intramolecular Hbond substituents is 1.